The van der Waals surface area contributed by atoms with Crippen LogP contribution < -0.4 is 4.74 Å². The first-order chi connectivity index (χ1) is 16.1. The van der Waals surface area contributed by atoms with Crippen molar-refractivity contribution in [1.29, 1.82) is 0 Å². The maximum atomic E-state index is 12.9. The summed E-state index contributed by atoms with van der Waals surface area (Å²) in [6, 6.07) is 19.3. The van der Waals surface area contributed by atoms with Crippen molar-refractivity contribution >= 4 is 17.4 Å². The number of Topliss-reactive ketones (excluding diaryl/α,β-unsaturated/α-hetero) is 1. The lowest BCUT2D eigenvalue weighted by molar-refractivity contribution is -0.140. The van der Waals surface area contributed by atoms with Crippen LogP contribution in [0.1, 0.15) is 22.7 Å². The van der Waals surface area contributed by atoms with Crippen LogP contribution in [0, 0.1) is 0 Å². The van der Waals surface area contributed by atoms with Crippen LogP contribution in [-0.2, 0) is 20.9 Å². The second-order valence-corrected chi connectivity index (χ2v) is 7.57. The van der Waals surface area contributed by atoms with Crippen LogP contribution in [0.3, 0.4) is 0 Å². The Bertz CT molecular complexity index is 1140. The summed E-state index contributed by atoms with van der Waals surface area (Å²) in [4.78, 5) is 31.2. The second-order valence-electron chi connectivity index (χ2n) is 7.57. The van der Waals surface area contributed by atoms with E-state index in [9.17, 15) is 14.7 Å². The van der Waals surface area contributed by atoms with E-state index in [1.54, 1.807) is 48.8 Å². The fraction of sp³-hybridized carbons (Fsp3) is 0.192. The molecule has 1 aromatic heterocycles. The normalized spacial score (nSPS) is 17.4. The minimum absolute atomic E-state index is 0.0297. The van der Waals surface area contributed by atoms with Gasteiger partial charge >= 0.3 is 0 Å². The van der Waals surface area contributed by atoms with Crippen molar-refractivity contribution in [2.24, 2.45) is 0 Å². The van der Waals surface area contributed by atoms with E-state index in [2.05, 4.69) is 4.98 Å². The number of ether oxygens (including phenoxy) is 2. The van der Waals surface area contributed by atoms with Crippen molar-refractivity contribution in [1.82, 2.24) is 9.88 Å². The highest BCUT2D eigenvalue weighted by molar-refractivity contribution is 6.46. The zero-order valence-corrected chi connectivity index (χ0v) is 18.2. The second kappa shape index (κ2) is 10.1. The smallest absolute Gasteiger partial charge is 0.295 e. The van der Waals surface area contributed by atoms with E-state index in [1.807, 2.05) is 30.3 Å². The van der Waals surface area contributed by atoms with Crippen molar-refractivity contribution in [3.63, 3.8) is 0 Å². The Morgan fingerprint density at radius 2 is 1.79 bits per heavy atom. The Hall–Kier alpha value is -3.97. The standard InChI is InChI=1S/C26H24N2O5/c1-32-15-14-28-23(20-8-5-13-27-16-20)22(25(30)26(28)31)24(29)19-9-11-21(12-10-19)33-17-18-6-3-2-4-7-18/h2-13,16,23,29H,14-15,17H2,1H3/t23-/m0/s1. The quantitative estimate of drug-likeness (QED) is 0.324. The molecule has 3 aromatic rings. The number of carbonyl (C=O) groups is 2. The molecular formula is C26H24N2O5. The number of nitrogens with zero attached hydrogens (tertiary/aromatic N) is 2. The average molecular weight is 444 g/mol. The number of aromatic nitrogens is 1. The number of methoxy groups -OCH3 is 1. The molecule has 7 nitrogen and oxygen atoms in total. The molecule has 2 heterocycles. The molecule has 0 unspecified atom stereocenters. The van der Waals surface area contributed by atoms with Gasteiger partial charge in [0.15, 0.2) is 0 Å². The van der Waals surface area contributed by atoms with Gasteiger partial charge in [-0.2, -0.15) is 0 Å². The van der Waals surface area contributed by atoms with Crippen molar-refractivity contribution in [2.45, 2.75) is 12.6 Å². The number of aliphatic hydroxyl groups is 1. The lowest BCUT2D eigenvalue weighted by Gasteiger charge is -2.24. The number of aliphatic hydroxyl groups excluding tert-OH is 1. The summed E-state index contributed by atoms with van der Waals surface area (Å²) in [7, 11) is 1.52. The van der Waals surface area contributed by atoms with Crippen molar-refractivity contribution in [2.75, 3.05) is 20.3 Å². The van der Waals surface area contributed by atoms with Gasteiger partial charge in [-0.1, -0.05) is 36.4 Å². The largest absolute Gasteiger partial charge is 0.507 e. The van der Waals surface area contributed by atoms with Gasteiger partial charge in [-0.05, 0) is 41.5 Å². The number of hydrogen-bond acceptors (Lipinski definition) is 6. The first kappa shape index (κ1) is 22.2. The van der Waals surface area contributed by atoms with Crippen LogP contribution in [-0.4, -0.2) is 46.9 Å². The summed E-state index contributed by atoms with van der Waals surface area (Å²) in [5.74, 6) is -1.02. The summed E-state index contributed by atoms with van der Waals surface area (Å²) in [5.41, 5.74) is 2.12. The van der Waals surface area contributed by atoms with E-state index in [-0.39, 0.29) is 24.5 Å². The molecule has 4 rings (SSSR count). The minimum atomic E-state index is -0.747. The fourth-order valence-electron chi connectivity index (χ4n) is 3.79. The highest BCUT2D eigenvalue weighted by Crippen LogP contribution is 2.39. The Morgan fingerprint density at radius 1 is 1.03 bits per heavy atom. The average Bonchev–Trinajstić information content (AvgIpc) is 3.12. The van der Waals surface area contributed by atoms with E-state index in [1.165, 1.54) is 12.0 Å². The Balaban J connectivity index is 1.63. The number of amides is 1. The predicted molar refractivity (Wildman–Crippen MR) is 122 cm³/mol. The molecule has 2 aromatic carbocycles. The van der Waals surface area contributed by atoms with Gasteiger partial charge in [0.05, 0.1) is 18.2 Å². The highest BCUT2D eigenvalue weighted by Gasteiger charge is 2.45. The molecule has 1 aliphatic rings. The van der Waals surface area contributed by atoms with E-state index >= 15 is 0 Å². The number of hydrogen-bond donors (Lipinski definition) is 1. The molecule has 1 fully saturated rings. The number of likely N-dealkylation sites (tertiary alicyclic amines) is 1. The van der Waals surface area contributed by atoms with Crippen LogP contribution in [0.5, 0.6) is 5.75 Å². The number of pyridine rings is 1. The lowest BCUT2D eigenvalue weighted by Crippen LogP contribution is -2.32. The van der Waals surface area contributed by atoms with Crippen molar-refractivity contribution in [3.05, 3.63) is 101 Å². The van der Waals surface area contributed by atoms with Gasteiger partial charge in [-0.15, -0.1) is 0 Å². The first-order valence-corrected chi connectivity index (χ1v) is 10.5. The summed E-state index contributed by atoms with van der Waals surface area (Å²) in [6.07, 6.45) is 3.20. The molecule has 0 spiro atoms. The molecule has 168 valence electrons. The van der Waals surface area contributed by atoms with Gasteiger partial charge in [0.2, 0.25) is 0 Å². The van der Waals surface area contributed by atoms with Crippen LogP contribution in [0.25, 0.3) is 5.76 Å². The van der Waals surface area contributed by atoms with Gasteiger partial charge in [0, 0.05) is 31.6 Å². The number of carbonyl (C=O) groups excluding carboxylic acids is 2. The third-order valence-corrected chi connectivity index (χ3v) is 5.45. The molecule has 0 saturated carbocycles. The van der Waals surface area contributed by atoms with Crippen molar-refractivity contribution in [3.8, 4) is 5.75 Å². The lowest BCUT2D eigenvalue weighted by atomic mass is 9.96. The van der Waals surface area contributed by atoms with E-state index < -0.39 is 17.7 Å². The number of ketones is 1. The Labute approximate surface area is 191 Å². The van der Waals surface area contributed by atoms with E-state index in [4.69, 9.17) is 9.47 Å². The predicted octanol–water partition coefficient (Wildman–Crippen LogP) is 3.73. The maximum absolute atomic E-state index is 12.9. The van der Waals surface area contributed by atoms with Gasteiger partial charge in [0.1, 0.15) is 18.1 Å². The zero-order chi connectivity index (χ0) is 23.2. The summed E-state index contributed by atoms with van der Waals surface area (Å²) in [6.45, 7) is 0.888. The van der Waals surface area contributed by atoms with E-state index in [0.29, 0.717) is 23.5 Å². The van der Waals surface area contributed by atoms with Crippen LogP contribution in [0.2, 0.25) is 0 Å². The fourth-order valence-corrected chi connectivity index (χ4v) is 3.79. The molecule has 0 bridgehead atoms. The van der Waals surface area contributed by atoms with Gasteiger partial charge < -0.3 is 19.5 Å². The minimum Gasteiger partial charge on any atom is -0.507 e. The Morgan fingerprint density at radius 3 is 2.45 bits per heavy atom. The Kier molecular flexibility index (Phi) is 6.80. The van der Waals surface area contributed by atoms with Gasteiger partial charge in [-0.25, -0.2) is 0 Å². The molecule has 0 radical (unpaired) electrons. The molecule has 1 saturated heterocycles. The summed E-state index contributed by atoms with van der Waals surface area (Å²) < 4.78 is 10.9. The highest BCUT2D eigenvalue weighted by atomic mass is 16.5. The molecule has 1 atom stereocenters. The third kappa shape index (κ3) is 4.78. The summed E-state index contributed by atoms with van der Waals surface area (Å²) in [5, 5.41) is 11.1. The molecule has 1 N–H and O–H groups in total. The summed E-state index contributed by atoms with van der Waals surface area (Å²) >= 11 is 0. The van der Waals surface area contributed by atoms with Gasteiger partial charge in [0.25, 0.3) is 11.7 Å². The number of benzene rings is 2. The first-order valence-electron chi connectivity index (χ1n) is 10.5. The molecular weight excluding hydrogens is 420 g/mol. The molecule has 0 aliphatic carbocycles. The zero-order valence-electron chi connectivity index (χ0n) is 18.2. The maximum Gasteiger partial charge on any atom is 0.295 e. The molecule has 1 aliphatic heterocycles. The number of rotatable bonds is 8. The molecule has 33 heavy (non-hydrogen) atoms. The van der Waals surface area contributed by atoms with E-state index in [0.717, 1.165) is 5.56 Å². The topological polar surface area (TPSA) is 89.0 Å². The molecule has 1 amide bonds. The molecule has 7 heteroatoms. The third-order valence-electron chi connectivity index (χ3n) is 5.45. The van der Waals surface area contributed by atoms with Crippen molar-refractivity contribution < 1.29 is 24.2 Å². The van der Waals surface area contributed by atoms with Crippen LogP contribution >= 0.6 is 0 Å². The SMILES string of the molecule is COCCN1C(=O)C(=O)C(=C(O)c2ccc(OCc3ccccc3)cc2)[C@@H]1c1cccnc1. The monoisotopic (exact) mass is 444 g/mol. The van der Waals surface area contributed by atoms with Crippen LogP contribution in [0.15, 0.2) is 84.7 Å². The van der Waals surface area contributed by atoms with Crippen LogP contribution in [0.4, 0.5) is 0 Å². The van der Waals surface area contributed by atoms with Gasteiger partial charge in [-0.3, -0.25) is 14.6 Å².